The molecule has 4 rings (SSSR count). The van der Waals surface area contributed by atoms with E-state index in [1.54, 1.807) is 11.3 Å². The number of nitrogens with zero attached hydrogens (tertiary/aromatic N) is 3. The molecule has 4 aromatic rings. The molecule has 1 unspecified atom stereocenters. The van der Waals surface area contributed by atoms with Gasteiger partial charge in [0.2, 0.25) is 5.91 Å². The highest BCUT2D eigenvalue weighted by Crippen LogP contribution is 2.31. The molecule has 7 heteroatoms. The van der Waals surface area contributed by atoms with Crippen LogP contribution in [0.2, 0.25) is 0 Å². The van der Waals surface area contributed by atoms with Crippen LogP contribution in [-0.2, 0) is 11.3 Å². The highest BCUT2D eigenvalue weighted by atomic mass is 32.2. The summed E-state index contributed by atoms with van der Waals surface area (Å²) in [7, 11) is 0. The number of carbonyl (C=O) groups is 1. The van der Waals surface area contributed by atoms with Gasteiger partial charge in [-0.3, -0.25) is 9.36 Å². The number of amides is 1. The van der Waals surface area contributed by atoms with Gasteiger partial charge in [0.25, 0.3) is 0 Å². The van der Waals surface area contributed by atoms with Crippen LogP contribution in [0.1, 0.15) is 29.2 Å². The van der Waals surface area contributed by atoms with Crippen LogP contribution < -0.4 is 5.32 Å². The van der Waals surface area contributed by atoms with Gasteiger partial charge in [-0.1, -0.05) is 65.9 Å². The third kappa shape index (κ3) is 4.95. The first-order valence-corrected chi connectivity index (χ1v) is 12.2. The van der Waals surface area contributed by atoms with Gasteiger partial charge in [-0.25, -0.2) is 0 Å². The van der Waals surface area contributed by atoms with E-state index in [1.807, 2.05) is 56.5 Å². The van der Waals surface area contributed by atoms with E-state index in [2.05, 4.69) is 51.3 Å². The predicted octanol–water partition coefficient (Wildman–Crippen LogP) is 6.10. The van der Waals surface area contributed by atoms with Crippen LogP contribution >= 0.6 is 23.1 Å². The molecule has 0 aliphatic carbocycles. The lowest BCUT2D eigenvalue weighted by Crippen LogP contribution is -2.24. The number of aryl methyl sites for hydroxylation is 3. The van der Waals surface area contributed by atoms with Crippen molar-refractivity contribution in [3.05, 3.63) is 82.2 Å². The molecule has 0 radical (unpaired) electrons. The molecule has 2 aromatic heterocycles. The van der Waals surface area contributed by atoms with Gasteiger partial charge < -0.3 is 5.32 Å². The molecule has 0 saturated carbocycles. The summed E-state index contributed by atoms with van der Waals surface area (Å²) in [5.41, 5.74) is 5.38. The Bertz CT molecular complexity index is 1190. The third-order valence-electron chi connectivity index (χ3n) is 5.22. The summed E-state index contributed by atoms with van der Waals surface area (Å²) < 4.78 is 2.10. The number of rotatable bonds is 7. The molecule has 1 atom stereocenters. The summed E-state index contributed by atoms with van der Waals surface area (Å²) >= 11 is 3.07. The van der Waals surface area contributed by atoms with E-state index in [1.165, 1.54) is 17.3 Å². The summed E-state index contributed by atoms with van der Waals surface area (Å²) in [6.45, 7) is 8.67. The fraction of sp³-hybridized carbons (Fsp3) is 0.240. The number of thiophene rings is 1. The average molecular weight is 463 g/mol. The highest BCUT2D eigenvalue weighted by Gasteiger charge is 2.22. The first kappa shape index (κ1) is 22.3. The van der Waals surface area contributed by atoms with Gasteiger partial charge in [0.05, 0.1) is 16.7 Å². The summed E-state index contributed by atoms with van der Waals surface area (Å²) in [4.78, 5) is 14.1. The summed E-state index contributed by atoms with van der Waals surface area (Å²) in [5, 5.41) is 14.5. The lowest BCUT2D eigenvalue weighted by atomic mass is 10.1. The molecule has 0 fully saturated rings. The summed E-state index contributed by atoms with van der Waals surface area (Å²) in [6, 6.07) is 18.5. The van der Waals surface area contributed by atoms with E-state index in [0.717, 1.165) is 38.2 Å². The van der Waals surface area contributed by atoms with E-state index in [-0.39, 0.29) is 11.2 Å². The van der Waals surface area contributed by atoms with Gasteiger partial charge in [-0.2, -0.15) is 0 Å². The van der Waals surface area contributed by atoms with Crippen LogP contribution in [0, 0.1) is 20.8 Å². The Labute approximate surface area is 196 Å². The summed E-state index contributed by atoms with van der Waals surface area (Å²) in [6.07, 6.45) is 0. The number of hydrogen-bond acceptors (Lipinski definition) is 5. The van der Waals surface area contributed by atoms with Crippen LogP contribution in [0.15, 0.2) is 65.1 Å². The number of carbonyl (C=O) groups excluding carboxylic acids is 1. The number of thioether (sulfide) groups is 1. The number of aromatic nitrogens is 3. The van der Waals surface area contributed by atoms with Crippen LogP contribution in [-0.4, -0.2) is 25.9 Å². The standard InChI is InChI=1S/C25H26N4OS2/c1-16-13-17(2)22(18(3)14-16)26-24(30)19(4)32-25-28-27-23(21-11-8-12-31-21)29(25)15-20-9-6-5-7-10-20/h5-14,19H,15H2,1-4H3,(H,26,30). The lowest BCUT2D eigenvalue weighted by molar-refractivity contribution is -0.115. The van der Waals surface area contributed by atoms with Gasteiger partial charge in [-0.05, 0) is 55.8 Å². The molecule has 1 N–H and O–H groups in total. The zero-order chi connectivity index (χ0) is 22.7. The first-order valence-electron chi connectivity index (χ1n) is 10.5. The maximum absolute atomic E-state index is 13.0. The zero-order valence-electron chi connectivity index (χ0n) is 18.6. The minimum Gasteiger partial charge on any atom is -0.325 e. The van der Waals surface area contributed by atoms with Crippen molar-refractivity contribution in [2.45, 2.75) is 44.6 Å². The fourth-order valence-electron chi connectivity index (χ4n) is 3.69. The minimum atomic E-state index is -0.329. The molecular weight excluding hydrogens is 436 g/mol. The number of nitrogens with one attached hydrogen (secondary N) is 1. The van der Waals surface area contributed by atoms with Crippen molar-refractivity contribution in [2.24, 2.45) is 0 Å². The molecule has 0 bridgehead atoms. The number of hydrogen-bond donors (Lipinski definition) is 1. The van der Waals surface area contributed by atoms with Gasteiger partial charge in [0.15, 0.2) is 11.0 Å². The van der Waals surface area contributed by atoms with E-state index in [9.17, 15) is 4.79 Å². The fourth-order valence-corrected chi connectivity index (χ4v) is 5.25. The van der Waals surface area contributed by atoms with E-state index < -0.39 is 0 Å². The quantitative estimate of drug-likeness (QED) is 0.337. The molecule has 32 heavy (non-hydrogen) atoms. The topological polar surface area (TPSA) is 59.8 Å². The average Bonchev–Trinajstić information content (AvgIpc) is 3.42. The second-order valence-corrected chi connectivity index (χ2v) is 10.1. The Kier molecular flexibility index (Phi) is 6.77. The predicted molar refractivity (Wildman–Crippen MR) is 133 cm³/mol. The maximum Gasteiger partial charge on any atom is 0.237 e. The van der Waals surface area contributed by atoms with E-state index in [0.29, 0.717) is 6.54 Å². The van der Waals surface area contributed by atoms with E-state index in [4.69, 9.17) is 0 Å². The maximum atomic E-state index is 13.0. The normalized spacial score (nSPS) is 12.0. The van der Waals surface area contributed by atoms with Crippen LogP contribution in [0.3, 0.4) is 0 Å². The largest absolute Gasteiger partial charge is 0.325 e. The lowest BCUT2D eigenvalue weighted by Gasteiger charge is -2.16. The van der Waals surface area contributed by atoms with Crippen molar-refractivity contribution in [3.8, 4) is 10.7 Å². The molecule has 0 spiro atoms. The molecule has 0 aliphatic rings. The Morgan fingerprint density at radius 1 is 1.06 bits per heavy atom. The van der Waals surface area contributed by atoms with Crippen LogP contribution in [0.4, 0.5) is 5.69 Å². The van der Waals surface area contributed by atoms with Gasteiger partial charge >= 0.3 is 0 Å². The van der Waals surface area contributed by atoms with Crippen molar-refractivity contribution in [3.63, 3.8) is 0 Å². The second kappa shape index (κ2) is 9.71. The van der Waals surface area contributed by atoms with Crippen LogP contribution in [0.5, 0.6) is 0 Å². The molecule has 164 valence electrons. The van der Waals surface area contributed by atoms with Gasteiger partial charge in [0, 0.05) is 5.69 Å². The SMILES string of the molecule is Cc1cc(C)c(NC(=O)C(C)Sc2nnc(-c3cccs3)n2Cc2ccccc2)c(C)c1. The van der Waals surface area contributed by atoms with Crippen molar-refractivity contribution < 1.29 is 4.79 Å². The second-order valence-electron chi connectivity index (χ2n) is 7.88. The Morgan fingerprint density at radius 2 is 1.78 bits per heavy atom. The summed E-state index contributed by atoms with van der Waals surface area (Å²) in [5.74, 6) is 0.779. The van der Waals surface area contributed by atoms with Crippen LogP contribution in [0.25, 0.3) is 10.7 Å². The molecule has 2 aromatic carbocycles. The zero-order valence-corrected chi connectivity index (χ0v) is 20.3. The smallest absolute Gasteiger partial charge is 0.237 e. The van der Waals surface area contributed by atoms with Crippen molar-refractivity contribution in [1.82, 2.24) is 14.8 Å². The van der Waals surface area contributed by atoms with Crippen molar-refractivity contribution in [2.75, 3.05) is 5.32 Å². The first-order chi connectivity index (χ1) is 15.4. The highest BCUT2D eigenvalue weighted by molar-refractivity contribution is 8.00. The molecule has 2 heterocycles. The monoisotopic (exact) mass is 462 g/mol. The van der Waals surface area contributed by atoms with Crippen molar-refractivity contribution in [1.29, 1.82) is 0 Å². The molecular formula is C25H26N4OS2. The Morgan fingerprint density at radius 3 is 2.44 bits per heavy atom. The minimum absolute atomic E-state index is 0.0445. The Hall–Kier alpha value is -2.90. The molecule has 0 aliphatic heterocycles. The number of benzene rings is 2. The number of anilines is 1. The third-order valence-corrected chi connectivity index (χ3v) is 7.16. The van der Waals surface area contributed by atoms with Gasteiger partial charge in [-0.15, -0.1) is 21.5 Å². The van der Waals surface area contributed by atoms with Gasteiger partial charge in [0.1, 0.15) is 0 Å². The molecule has 0 saturated heterocycles. The van der Waals surface area contributed by atoms with Crippen molar-refractivity contribution >= 4 is 34.7 Å². The molecule has 5 nitrogen and oxygen atoms in total. The Balaban J connectivity index is 1.57. The molecule has 1 amide bonds. The van der Waals surface area contributed by atoms with E-state index >= 15 is 0 Å².